The zero-order chi connectivity index (χ0) is 17.8. The number of para-hydroxylation sites is 1. The Morgan fingerprint density at radius 2 is 2.00 bits per heavy atom. The van der Waals surface area contributed by atoms with E-state index in [0.29, 0.717) is 17.3 Å². The van der Waals surface area contributed by atoms with Crippen LogP contribution in [-0.2, 0) is 0 Å². The number of nitrogens with zero attached hydrogens (tertiary/aromatic N) is 1. The standard InChI is InChI=1S/C19H21ClN2O3/c1-24-13-9-10-14(18(12-13)25-2)17-8-5-11-22(17)19(23)21-16-7-4-3-6-15(16)20/h3-4,6-7,9-10,12,17H,5,8,11H2,1-2H3,(H,21,23). The molecule has 1 unspecified atom stereocenters. The van der Waals surface area contributed by atoms with E-state index in [1.54, 1.807) is 26.4 Å². The normalized spacial score (nSPS) is 16.6. The summed E-state index contributed by atoms with van der Waals surface area (Å²) in [6.45, 7) is 0.691. The molecule has 1 aliphatic heterocycles. The zero-order valence-corrected chi connectivity index (χ0v) is 15.0. The lowest BCUT2D eigenvalue weighted by atomic mass is 10.0. The van der Waals surface area contributed by atoms with Crippen molar-refractivity contribution in [1.82, 2.24) is 4.90 Å². The number of ether oxygens (including phenoxy) is 2. The molecule has 1 saturated heterocycles. The van der Waals surface area contributed by atoms with Gasteiger partial charge in [0.25, 0.3) is 0 Å². The topological polar surface area (TPSA) is 50.8 Å². The molecule has 5 nitrogen and oxygen atoms in total. The summed E-state index contributed by atoms with van der Waals surface area (Å²) in [6, 6.07) is 12.7. The lowest BCUT2D eigenvalue weighted by Crippen LogP contribution is -2.34. The molecule has 0 saturated carbocycles. The van der Waals surface area contributed by atoms with Gasteiger partial charge in [0.2, 0.25) is 0 Å². The summed E-state index contributed by atoms with van der Waals surface area (Å²) in [5.41, 5.74) is 1.59. The molecule has 1 fully saturated rings. The smallest absolute Gasteiger partial charge is 0.322 e. The fourth-order valence-corrected chi connectivity index (χ4v) is 3.36. The van der Waals surface area contributed by atoms with Gasteiger partial charge in [-0.25, -0.2) is 4.79 Å². The monoisotopic (exact) mass is 360 g/mol. The van der Waals surface area contributed by atoms with Gasteiger partial charge in [0.05, 0.1) is 31.0 Å². The van der Waals surface area contributed by atoms with E-state index in [0.717, 1.165) is 29.9 Å². The van der Waals surface area contributed by atoms with Crippen molar-refractivity contribution >= 4 is 23.3 Å². The fraction of sp³-hybridized carbons (Fsp3) is 0.316. The van der Waals surface area contributed by atoms with Gasteiger partial charge in [-0.3, -0.25) is 0 Å². The molecular weight excluding hydrogens is 340 g/mol. The van der Waals surface area contributed by atoms with Crippen LogP contribution in [-0.4, -0.2) is 31.7 Å². The van der Waals surface area contributed by atoms with Crippen LogP contribution in [0.3, 0.4) is 0 Å². The SMILES string of the molecule is COc1ccc(C2CCCN2C(=O)Nc2ccccc2Cl)c(OC)c1. The van der Waals surface area contributed by atoms with Crippen molar-refractivity contribution in [2.45, 2.75) is 18.9 Å². The molecule has 132 valence electrons. The van der Waals surface area contributed by atoms with E-state index in [1.165, 1.54) is 0 Å². The number of halogens is 1. The van der Waals surface area contributed by atoms with Crippen LogP contribution >= 0.6 is 11.6 Å². The molecular formula is C19H21ClN2O3. The Balaban J connectivity index is 1.83. The number of amides is 2. The molecule has 0 aromatic heterocycles. The maximum absolute atomic E-state index is 12.8. The molecule has 1 atom stereocenters. The third-order valence-corrected chi connectivity index (χ3v) is 4.76. The Morgan fingerprint density at radius 3 is 2.72 bits per heavy atom. The molecule has 0 radical (unpaired) electrons. The second kappa shape index (κ2) is 7.66. The molecule has 0 bridgehead atoms. The maximum Gasteiger partial charge on any atom is 0.322 e. The summed E-state index contributed by atoms with van der Waals surface area (Å²) in [5, 5.41) is 3.42. The van der Waals surface area contributed by atoms with Crippen LogP contribution in [0.15, 0.2) is 42.5 Å². The van der Waals surface area contributed by atoms with Crippen LogP contribution in [0.2, 0.25) is 5.02 Å². The van der Waals surface area contributed by atoms with Gasteiger partial charge in [-0.15, -0.1) is 0 Å². The highest BCUT2D eigenvalue weighted by molar-refractivity contribution is 6.33. The highest BCUT2D eigenvalue weighted by atomic mass is 35.5. The molecule has 2 aromatic carbocycles. The van der Waals surface area contributed by atoms with Gasteiger partial charge in [-0.2, -0.15) is 0 Å². The van der Waals surface area contributed by atoms with Gasteiger partial charge in [0.15, 0.2) is 0 Å². The Kier molecular flexibility index (Phi) is 5.34. The van der Waals surface area contributed by atoms with E-state index in [9.17, 15) is 4.79 Å². The van der Waals surface area contributed by atoms with Crippen molar-refractivity contribution in [3.05, 3.63) is 53.1 Å². The Hall–Kier alpha value is -2.40. The van der Waals surface area contributed by atoms with Crippen molar-refractivity contribution < 1.29 is 14.3 Å². The van der Waals surface area contributed by atoms with Crippen LogP contribution < -0.4 is 14.8 Å². The molecule has 25 heavy (non-hydrogen) atoms. The van der Waals surface area contributed by atoms with E-state index in [-0.39, 0.29) is 12.1 Å². The molecule has 2 amide bonds. The van der Waals surface area contributed by atoms with E-state index in [4.69, 9.17) is 21.1 Å². The van der Waals surface area contributed by atoms with Gasteiger partial charge in [0, 0.05) is 18.2 Å². The average molecular weight is 361 g/mol. The first-order valence-electron chi connectivity index (χ1n) is 8.18. The summed E-state index contributed by atoms with van der Waals surface area (Å²) >= 11 is 6.14. The number of benzene rings is 2. The lowest BCUT2D eigenvalue weighted by molar-refractivity contribution is 0.206. The average Bonchev–Trinajstić information content (AvgIpc) is 3.12. The predicted molar refractivity (Wildman–Crippen MR) is 98.7 cm³/mol. The van der Waals surface area contributed by atoms with Gasteiger partial charge < -0.3 is 19.7 Å². The Labute approximate surface area is 152 Å². The number of rotatable bonds is 4. The molecule has 0 spiro atoms. The Morgan fingerprint density at radius 1 is 1.20 bits per heavy atom. The number of methoxy groups -OCH3 is 2. The molecule has 1 N–H and O–H groups in total. The number of nitrogens with one attached hydrogen (secondary N) is 1. The summed E-state index contributed by atoms with van der Waals surface area (Å²) in [5.74, 6) is 1.45. The number of hydrogen-bond acceptors (Lipinski definition) is 3. The largest absolute Gasteiger partial charge is 0.497 e. The van der Waals surface area contributed by atoms with Crippen LogP contribution in [0.4, 0.5) is 10.5 Å². The fourth-order valence-electron chi connectivity index (χ4n) is 3.18. The van der Waals surface area contributed by atoms with Gasteiger partial charge in [-0.1, -0.05) is 23.7 Å². The van der Waals surface area contributed by atoms with E-state index < -0.39 is 0 Å². The van der Waals surface area contributed by atoms with Crippen LogP contribution in [0, 0.1) is 0 Å². The molecule has 2 aromatic rings. The summed E-state index contributed by atoms with van der Waals surface area (Å²) < 4.78 is 10.8. The van der Waals surface area contributed by atoms with Crippen molar-refractivity contribution in [2.75, 3.05) is 26.1 Å². The predicted octanol–water partition coefficient (Wildman–Crippen LogP) is 4.73. The van der Waals surface area contributed by atoms with Gasteiger partial charge in [-0.05, 0) is 37.1 Å². The molecule has 1 heterocycles. The minimum Gasteiger partial charge on any atom is -0.497 e. The zero-order valence-electron chi connectivity index (χ0n) is 14.3. The summed E-state index contributed by atoms with van der Waals surface area (Å²) in [4.78, 5) is 14.6. The molecule has 6 heteroatoms. The highest BCUT2D eigenvalue weighted by Crippen LogP contribution is 2.39. The van der Waals surface area contributed by atoms with Crippen LogP contribution in [0.5, 0.6) is 11.5 Å². The second-order valence-electron chi connectivity index (χ2n) is 5.87. The van der Waals surface area contributed by atoms with E-state index in [1.807, 2.05) is 35.2 Å². The number of urea groups is 1. The minimum absolute atomic E-state index is 0.0386. The van der Waals surface area contributed by atoms with Crippen LogP contribution in [0.25, 0.3) is 0 Å². The number of carbonyl (C=O) groups is 1. The van der Waals surface area contributed by atoms with Crippen molar-refractivity contribution in [3.8, 4) is 11.5 Å². The van der Waals surface area contributed by atoms with Crippen molar-refractivity contribution in [2.24, 2.45) is 0 Å². The quantitative estimate of drug-likeness (QED) is 0.857. The number of likely N-dealkylation sites (tertiary alicyclic amines) is 1. The first kappa shape index (κ1) is 17.4. The van der Waals surface area contributed by atoms with Crippen molar-refractivity contribution in [3.63, 3.8) is 0 Å². The summed E-state index contributed by atoms with van der Waals surface area (Å²) in [7, 11) is 3.24. The maximum atomic E-state index is 12.8. The highest BCUT2D eigenvalue weighted by Gasteiger charge is 2.32. The molecule has 1 aliphatic rings. The molecule has 3 rings (SSSR count). The van der Waals surface area contributed by atoms with E-state index >= 15 is 0 Å². The third-order valence-electron chi connectivity index (χ3n) is 4.43. The van der Waals surface area contributed by atoms with Gasteiger partial charge >= 0.3 is 6.03 Å². The minimum atomic E-state index is -0.159. The number of carbonyl (C=O) groups excluding carboxylic acids is 1. The number of anilines is 1. The third kappa shape index (κ3) is 3.66. The first-order valence-corrected chi connectivity index (χ1v) is 8.56. The lowest BCUT2D eigenvalue weighted by Gasteiger charge is -2.27. The van der Waals surface area contributed by atoms with Crippen molar-refractivity contribution in [1.29, 1.82) is 0 Å². The second-order valence-corrected chi connectivity index (χ2v) is 6.28. The Bertz CT molecular complexity index is 766. The first-order chi connectivity index (χ1) is 12.1. The number of hydrogen-bond donors (Lipinski definition) is 1. The van der Waals surface area contributed by atoms with Crippen LogP contribution in [0.1, 0.15) is 24.4 Å². The summed E-state index contributed by atoms with van der Waals surface area (Å²) in [6.07, 6.45) is 1.83. The van der Waals surface area contributed by atoms with Gasteiger partial charge in [0.1, 0.15) is 11.5 Å². The molecule has 0 aliphatic carbocycles. The van der Waals surface area contributed by atoms with E-state index in [2.05, 4.69) is 5.32 Å².